The second kappa shape index (κ2) is 5.53. The minimum Gasteiger partial charge on any atom is -0.361 e. The van der Waals surface area contributed by atoms with Gasteiger partial charge in [-0.25, -0.2) is 0 Å². The molecule has 19 heavy (non-hydrogen) atoms. The molecule has 0 aliphatic heterocycles. The van der Waals surface area contributed by atoms with Crippen molar-refractivity contribution >= 4 is 17.1 Å². The Bertz CT molecular complexity index is 681. The molecule has 1 heterocycles. The van der Waals surface area contributed by atoms with Gasteiger partial charge < -0.3 is 4.98 Å². The van der Waals surface area contributed by atoms with Gasteiger partial charge in [-0.15, -0.1) is 0 Å². The number of nitrogens with zero attached hydrogens (tertiary/aromatic N) is 1. The van der Waals surface area contributed by atoms with Gasteiger partial charge in [0.05, 0.1) is 0 Å². The number of aliphatic imine (C=N–C) groups is 1. The summed E-state index contributed by atoms with van der Waals surface area (Å²) in [5, 5.41) is 1.30. The molecule has 0 atom stereocenters. The van der Waals surface area contributed by atoms with E-state index >= 15 is 0 Å². The Morgan fingerprint density at radius 3 is 2.63 bits per heavy atom. The second-order valence-corrected chi connectivity index (χ2v) is 4.56. The molecule has 2 nitrogen and oxygen atoms in total. The van der Waals surface area contributed by atoms with Crippen molar-refractivity contribution in [2.24, 2.45) is 4.99 Å². The van der Waals surface area contributed by atoms with Crippen LogP contribution in [0, 0.1) is 0 Å². The minimum absolute atomic E-state index is 0.816. The highest BCUT2D eigenvalue weighted by molar-refractivity contribution is 5.83. The number of hydrogen-bond donors (Lipinski definition) is 1. The zero-order valence-electron chi connectivity index (χ0n) is 10.7. The van der Waals surface area contributed by atoms with E-state index < -0.39 is 0 Å². The second-order valence-electron chi connectivity index (χ2n) is 4.56. The number of fused-ring (bicyclic) bond motifs is 1. The Morgan fingerprint density at radius 1 is 0.947 bits per heavy atom. The van der Waals surface area contributed by atoms with E-state index in [-0.39, 0.29) is 0 Å². The molecule has 3 rings (SSSR count). The van der Waals surface area contributed by atoms with Gasteiger partial charge in [0, 0.05) is 29.9 Å². The van der Waals surface area contributed by atoms with Gasteiger partial charge in [0.1, 0.15) is 0 Å². The van der Waals surface area contributed by atoms with Crippen LogP contribution in [0.1, 0.15) is 11.1 Å². The third-order valence-electron chi connectivity index (χ3n) is 3.23. The maximum absolute atomic E-state index is 4.48. The number of nitrogens with one attached hydrogen (secondary N) is 1. The Balaban J connectivity index is 1.65. The van der Waals surface area contributed by atoms with E-state index in [0.717, 1.165) is 18.5 Å². The Hall–Kier alpha value is -2.35. The maximum Gasteiger partial charge on any atom is 0.0456 e. The summed E-state index contributed by atoms with van der Waals surface area (Å²) in [6, 6.07) is 18.6. The van der Waals surface area contributed by atoms with Crippen LogP contribution in [-0.2, 0) is 6.42 Å². The molecule has 0 unspecified atom stereocenters. The van der Waals surface area contributed by atoms with Gasteiger partial charge in [0.25, 0.3) is 0 Å². The first-order valence-corrected chi connectivity index (χ1v) is 6.53. The van der Waals surface area contributed by atoms with Crippen molar-refractivity contribution in [2.75, 3.05) is 6.54 Å². The predicted molar refractivity (Wildman–Crippen MR) is 80.9 cm³/mol. The standard InChI is InChI=1S/C17H16N2/c1-2-6-14(7-3-1)12-18-11-10-15-13-19-17-9-5-4-8-16(15)17/h1-9,12-13,19H,10-11H2. The van der Waals surface area contributed by atoms with Crippen molar-refractivity contribution in [3.63, 3.8) is 0 Å². The molecule has 0 aliphatic carbocycles. The molecule has 2 aromatic carbocycles. The predicted octanol–water partition coefficient (Wildman–Crippen LogP) is 3.83. The molecule has 0 saturated heterocycles. The molecule has 1 aromatic heterocycles. The van der Waals surface area contributed by atoms with Crippen molar-refractivity contribution < 1.29 is 0 Å². The smallest absolute Gasteiger partial charge is 0.0456 e. The van der Waals surface area contributed by atoms with E-state index in [9.17, 15) is 0 Å². The van der Waals surface area contributed by atoms with E-state index in [1.807, 2.05) is 24.4 Å². The summed E-state index contributed by atoms with van der Waals surface area (Å²) in [7, 11) is 0. The van der Waals surface area contributed by atoms with Crippen molar-refractivity contribution in [1.29, 1.82) is 0 Å². The summed E-state index contributed by atoms with van der Waals surface area (Å²) in [5.74, 6) is 0. The van der Waals surface area contributed by atoms with E-state index in [1.54, 1.807) is 0 Å². The zero-order valence-corrected chi connectivity index (χ0v) is 10.7. The Kier molecular flexibility index (Phi) is 3.41. The van der Waals surface area contributed by atoms with Crippen LogP contribution >= 0.6 is 0 Å². The molecule has 0 saturated carbocycles. The molecule has 0 aliphatic rings. The lowest BCUT2D eigenvalue weighted by molar-refractivity contribution is 0.981. The fraction of sp³-hybridized carbons (Fsp3) is 0.118. The lowest BCUT2D eigenvalue weighted by atomic mass is 10.1. The summed E-state index contributed by atoms with van der Waals surface area (Å²) in [5.41, 5.74) is 3.69. The van der Waals surface area contributed by atoms with E-state index in [0.29, 0.717) is 0 Å². The van der Waals surface area contributed by atoms with Crippen LogP contribution in [0.2, 0.25) is 0 Å². The molecule has 94 valence electrons. The number of hydrogen-bond acceptors (Lipinski definition) is 1. The first kappa shape index (κ1) is 11.7. The highest BCUT2D eigenvalue weighted by Gasteiger charge is 2.01. The molecule has 0 radical (unpaired) electrons. The number of rotatable bonds is 4. The molecule has 2 heteroatoms. The minimum atomic E-state index is 0.816. The Labute approximate surface area is 112 Å². The van der Waals surface area contributed by atoms with Crippen molar-refractivity contribution in [3.8, 4) is 0 Å². The van der Waals surface area contributed by atoms with Crippen LogP contribution in [-0.4, -0.2) is 17.7 Å². The highest BCUT2D eigenvalue weighted by atomic mass is 14.7. The summed E-state index contributed by atoms with van der Waals surface area (Å²) >= 11 is 0. The quantitative estimate of drug-likeness (QED) is 0.680. The molecule has 0 fully saturated rings. The molecular weight excluding hydrogens is 232 g/mol. The van der Waals surface area contributed by atoms with Gasteiger partial charge in [-0.05, 0) is 23.6 Å². The summed E-state index contributed by atoms with van der Waals surface area (Å²) in [6.45, 7) is 0.816. The van der Waals surface area contributed by atoms with Gasteiger partial charge in [0.2, 0.25) is 0 Å². The van der Waals surface area contributed by atoms with Gasteiger partial charge in [-0.3, -0.25) is 4.99 Å². The van der Waals surface area contributed by atoms with Gasteiger partial charge in [-0.2, -0.15) is 0 Å². The number of benzene rings is 2. The van der Waals surface area contributed by atoms with Crippen LogP contribution in [0.5, 0.6) is 0 Å². The number of para-hydroxylation sites is 1. The van der Waals surface area contributed by atoms with Crippen LogP contribution in [0.3, 0.4) is 0 Å². The lowest BCUT2D eigenvalue weighted by Crippen LogP contribution is -1.89. The fourth-order valence-electron chi connectivity index (χ4n) is 2.23. The summed E-state index contributed by atoms with van der Waals surface area (Å²) in [4.78, 5) is 7.78. The monoisotopic (exact) mass is 248 g/mol. The van der Waals surface area contributed by atoms with Crippen molar-refractivity contribution in [1.82, 2.24) is 4.98 Å². The molecular formula is C17H16N2. The SMILES string of the molecule is C(=NCCc1c[nH]c2ccccc12)c1ccccc1. The highest BCUT2D eigenvalue weighted by Crippen LogP contribution is 2.17. The van der Waals surface area contributed by atoms with Gasteiger partial charge in [-0.1, -0.05) is 48.5 Å². The third-order valence-corrected chi connectivity index (χ3v) is 3.23. The number of aromatic amines is 1. The Morgan fingerprint density at radius 2 is 1.74 bits per heavy atom. The van der Waals surface area contributed by atoms with Crippen LogP contribution in [0.15, 0.2) is 65.8 Å². The maximum atomic E-state index is 4.48. The van der Waals surface area contributed by atoms with Crippen LogP contribution in [0.4, 0.5) is 0 Å². The average Bonchev–Trinajstić information content (AvgIpc) is 2.88. The average molecular weight is 248 g/mol. The van der Waals surface area contributed by atoms with E-state index in [1.165, 1.54) is 16.5 Å². The molecule has 0 amide bonds. The van der Waals surface area contributed by atoms with Crippen molar-refractivity contribution in [3.05, 3.63) is 71.9 Å². The first-order chi connectivity index (χ1) is 9.43. The lowest BCUT2D eigenvalue weighted by Gasteiger charge is -1.96. The van der Waals surface area contributed by atoms with Crippen molar-refractivity contribution in [2.45, 2.75) is 6.42 Å². The third kappa shape index (κ3) is 2.74. The fourth-order valence-corrected chi connectivity index (χ4v) is 2.23. The number of aromatic nitrogens is 1. The van der Waals surface area contributed by atoms with E-state index in [4.69, 9.17) is 0 Å². The van der Waals surface area contributed by atoms with Gasteiger partial charge >= 0.3 is 0 Å². The topological polar surface area (TPSA) is 28.1 Å². The largest absolute Gasteiger partial charge is 0.361 e. The van der Waals surface area contributed by atoms with E-state index in [2.05, 4.69) is 52.6 Å². The summed E-state index contributed by atoms with van der Waals surface area (Å²) < 4.78 is 0. The van der Waals surface area contributed by atoms with Gasteiger partial charge in [0.15, 0.2) is 0 Å². The van der Waals surface area contributed by atoms with Crippen LogP contribution < -0.4 is 0 Å². The molecule has 0 bridgehead atoms. The normalized spacial score (nSPS) is 11.4. The zero-order chi connectivity index (χ0) is 12.9. The first-order valence-electron chi connectivity index (χ1n) is 6.53. The molecule has 3 aromatic rings. The number of H-pyrrole nitrogens is 1. The summed E-state index contributed by atoms with van der Waals surface area (Å²) in [6.07, 6.45) is 4.99. The van der Waals surface area contributed by atoms with Crippen LogP contribution in [0.25, 0.3) is 10.9 Å². The molecule has 0 spiro atoms. The molecule has 1 N–H and O–H groups in total.